The van der Waals surface area contributed by atoms with Gasteiger partial charge in [0.25, 0.3) is 0 Å². The van der Waals surface area contributed by atoms with Crippen LogP contribution >= 0.6 is 0 Å². The third kappa shape index (κ3) is 1.74. The van der Waals surface area contributed by atoms with Crippen LogP contribution in [0.25, 0.3) is 0 Å². The zero-order valence-electron chi connectivity index (χ0n) is 9.62. The first-order valence-electron chi connectivity index (χ1n) is 5.51. The van der Waals surface area contributed by atoms with Crippen molar-refractivity contribution >= 4 is 17.1 Å². The first kappa shape index (κ1) is 10.1. The van der Waals surface area contributed by atoms with Gasteiger partial charge in [0.2, 0.25) is 0 Å². The van der Waals surface area contributed by atoms with Gasteiger partial charge in [0.1, 0.15) is 0 Å². The number of nitrogens with one attached hydrogen (secondary N) is 1. The summed E-state index contributed by atoms with van der Waals surface area (Å²) in [5.74, 6) is 0. The molecule has 1 aromatic carbocycles. The minimum Gasteiger partial charge on any atom is -0.397 e. The highest BCUT2D eigenvalue weighted by atomic mass is 15.2. The molecule has 1 heterocycles. The van der Waals surface area contributed by atoms with Crippen LogP contribution in [0, 0.1) is 0 Å². The van der Waals surface area contributed by atoms with Gasteiger partial charge in [-0.2, -0.15) is 0 Å². The van der Waals surface area contributed by atoms with E-state index >= 15 is 0 Å². The van der Waals surface area contributed by atoms with Crippen molar-refractivity contribution in [1.29, 1.82) is 0 Å². The Balaban J connectivity index is 2.46. The molecule has 1 unspecified atom stereocenters. The van der Waals surface area contributed by atoms with Gasteiger partial charge in [-0.05, 0) is 32.9 Å². The fourth-order valence-corrected chi connectivity index (χ4v) is 2.13. The minimum absolute atomic E-state index is 0.449. The maximum absolute atomic E-state index is 5.98. The summed E-state index contributed by atoms with van der Waals surface area (Å²) in [4.78, 5) is 2.40. The average Bonchev–Trinajstić information content (AvgIpc) is 2.18. The fraction of sp³-hybridized carbons (Fsp3) is 0.500. The summed E-state index contributed by atoms with van der Waals surface area (Å²) in [5, 5.41) is 3.45. The first-order chi connectivity index (χ1) is 7.09. The Labute approximate surface area is 91.3 Å². The molecule has 0 fully saturated rings. The van der Waals surface area contributed by atoms with Crippen LogP contribution in [0.5, 0.6) is 0 Å². The fourth-order valence-electron chi connectivity index (χ4n) is 2.13. The maximum Gasteiger partial charge on any atom is 0.0814 e. The van der Waals surface area contributed by atoms with Gasteiger partial charge in [-0.3, -0.25) is 0 Å². The molecule has 3 N–H and O–H groups in total. The highest BCUT2D eigenvalue weighted by molar-refractivity contribution is 5.83. The number of para-hydroxylation sites is 1. The topological polar surface area (TPSA) is 41.3 Å². The summed E-state index contributed by atoms with van der Waals surface area (Å²) in [6, 6.07) is 7.05. The Morgan fingerprint density at radius 3 is 2.87 bits per heavy atom. The molecule has 0 aromatic heterocycles. The molecule has 1 atom stereocenters. The smallest absolute Gasteiger partial charge is 0.0814 e. The van der Waals surface area contributed by atoms with E-state index in [1.165, 1.54) is 5.69 Å². The number of rotatable bonds is 1. The Bertz CT molecular complexity index is 360. The molecule has 0 bridgehead atoms. The van der Waals surface area contributed by atoms with E-state index in [1.54, 1.807) is 0 Å². The van der Waals surface area contributed by atoms with Crippen LogP contribution in [0.2, 0.25) is 0 Å². The molecule has 0 aliphatic carbocycles. The second-order valence-electron chi connectivity index (χ2n) is 4.53. The summed E-state index contributed by atoms with van der Waals surface area (Å²) in [7, 11) is 0. The second-order valence-corrected chi connectivity index (χ2v) is 4.53. The number of nitrogen functional groups attached to an aromatic ring is 1. The molecule has 0 saturated carbocycles. The van der Waals surface area contributed by atoms with Crippen LogP contribution in [0.15, 0.2) is 18.2 Å². The molecule has 0 radical (unpaired) electrons. The average molecular weight is 205 g/mol. The third-order valence-corrected chi connectivity index (χ3v) is 2.87. The van der Waals surface area contributed by atoms with Gasteiger partial charge in [0, 0.05) is 18.6 Å². The first-order valence-corrected chi connectivity index (χ1v) is 5.51. The van der Waals surface area contributed by atoms with E-state index in [9.17, 15) is 0 Å². The molecule has 0 spiro atoms. The Kier molecular flexibility index (Phi) is 2.47. The molecule has 1 aliphatic heterocycles. The number of anilines is 3. The van der Waals surface area contributed by atoms with Crippen molar-refractivity contribution in [3.05, 3.63) is 18.2 Å². The van der Waals surface area contributed by atoms with Gasteiger partial charge < -0.3 is 16.0 Å². The molecule has 15 heavy (non-hydrogen) atoms. The van der Waals surface area contributed by atoms with Crippen LogP contribution < -0.4 is 16.0 Å². The molecular weight excluding hydrogens is 186 g/mol. The van der Waals surface area contributed by atoms with Crippen molar-refractivity contribution in [2.24, 2.45) is 0 Å². The number of hydrogen-bond acceptors (Lipinski definition) is 3. The zero-order valence-corrected chi connectivity index (χ0v) is 9.62. The molecule has 2 rings (SSSR count). The highest BCUT2D eigenvalue weighted by Gasteiger charge is 2.23. The van der Waals surface area contributed by atoms with Crippen molar-refractivity contribution in [1.82, 2.24) is 0 Å². The lowest BCUT2D eigenvalue weighted by Gasteiger charge is -2.39. The summed E-state index contributed by atoms with van der Waals surface area (Å²) < 4.78 is 0. The molecule has 0 amide bonds. The third-order valence-electron chi connectivity index (χ3n) is 2.87. The van der Waals surface area contributed by atoms with E-state index in [0.29, 0.717) is 12.1 Å². The van der Waals surface area contributed by atoms with E-state index < -0.39 is 0 Å². The lowest BCUT2D eigenvalue weighted by molar-refractivity contribution is 0.625. The number of hydrogen-bond donors (Lipinski definition) is 2. The lowest BCUT2D eigenvalue weighted by Crippen LogP contribution is -2.43. The number of fused-ring (bicyclic) bond motifs is 1. The maximum atomic E-state index is 5.98. The van der Waals surface area contributed by atoms with E-state index in [4.69, 9.17) is 5.73 Å². The number of nitrogens with two attached hydrogens (primary N) is 1. The molecule has 82 valence electrons. The van der Waals surface area contributed by atoms with Crippen molar-refractivity contribution in [2.75, 3.05) is 22.5 Å². The van der Waals surface area contributed by atoms with Crippen LogP contribution in [-0.4, -0.2) is 18.6 Å². The van der Waals surface area contributed by atoms with Gasteiger partial charge in [-0.1, -0.05) is 6.07 Å². The van der Waals surface area contributed by atoms with Gasteiger partial charge in [-0.15, -0.1) is 0 Å². The molecule has 3 heteroatoms. The van der Waals surface area contributed by atoms with Gasteiger partial charge in [0.15, 0.2) is 0 Å². The second kappa shape index (κ2) is 3.65. The molecule has 1 aromatic rings. The minimum atomic E-state index is 0.449. The van der Waals surface area contributed by atoms with Crippen LogP contribution in [0.4, 0.5) is 17.1 Å². The predicted molar refractivity (Wildman–Crippen MR) is 66.4 cm³/mol. The Morgan fingerprint density at radius 1 is 1.47 bits per heavy atom. The van der Waals surface area contributed by atoms with Crippen LogP contribution in [0.1, 0.15) is 20.8 Å². The van der Waals surface area contributed by atoms with Gasteiger partial charge in [0.05, 0.1) is 17.1 Å². The molecule has 3 nitrogen and oxygen atoms in total. The van der Waals surface area contributed by atoms with Crippen molar-refractivity contribution in [3.63, 3.8) is 0 Å². The van der Waals surface area contributed by atoms with E-state index in [-0.39, 0.29) is 0 Å². The molecule has 1 aliphatic rings. The van der Waals surface area contributed by atoms with Gasteiger partial charge >= 0.3 is 0 Å². The quantitative estimate of drug-likeness (QED) is 0.691. The normalized spacial score (nSPS) is 20.0. The SMILES string of the molecule is CC1CN(C(C)C)c2cccc(N)c2N1. The zero-order chi connectivity index (χ0) is 11.0. The molecule has 0 saturated heterocycles. The lowest BCUT2D eigenvalue weighted by atomic mass is 10.1. The van der Waals surface area contributed by atoms with Crippen molar-refractivity contribution < 1.29 is 0 Å². The largest absolute Gasteiger partial charge is 0.397 e. The van der Waals surface area contributed by atoms with Gasteiger partial charge in [-0.25, -0.2) is 0 Å². The monoisotopic (exact) mass is 205 g/mol. The van der Waals surface area contributed by atoms with Crippen LogP contribution in [-0.2, 0) is 0 Å². The highest BCUT2D eigenvalue weighted by Crippen LogP contribution is 2.36. The number of benzene rings is 1. The predicted octanol–water partition coefficient (Wildman–Crippen LogP) is 2.30. The summed E-state index contributed by atoms with van der Waals surface area (Å²) in [6.45, 7) is 7.65. The Hall–Kier alpha value is -1.38. The molecular formula is C12H19N3. The van der Waals surface area contributed by atoms with Crippen molar-refractivity contribution in [2.45, 2.75) is 32.9 Å². The summed E-state index contributed by atoms with van der Waals surface area (Å²) in [5.41, 5.74) is 9.13. The Morgan fingerprint density at radius 2 is 2.20 bits per heavy atom. The van der Waals surface area contributed by atoms with E-state index in [2.05, 4.69) is 37.1 Å². The number of nitrogens with zero attached hydrogens (tertiary/aromatic N) is 1. The standard InChI is InChI=1S/C12H19N3/c1-8(2)15-7-9(3)14-12-10(13)5-4-6-11(12)15/h4-6,8-9,14H,7,13H2,1-3H3. The summed E-state index contributed by atoms with van der Waals surface area (Å²) >= 11 is 0. The van der Waals surface area contributed by atoms with Crippen LogP contribution in [0.3, 0.4) is 0 Å². The van der Waals surface area contributed by atoms with E-state index in [0.717, 1.165) is 17.9 Å². The summed E-state index contributed by atoms with van der Waals surface area (Å²) in [6.07, 6.45) is 0. The van der Waals surface area contributed by atoms with E-state index in [1.807, 2.05) is 12.1 Å². The van der Waals surface area contributed by atoms with Crippen molar-refractivity contribution in [3.8, 4) is 0 Å².